The Morgan fingerprint density at radius 2 is 2.04 bits per heavy atom. The fourth-order valence-electron chi connectivity index (χ4n) is 2.65. The van der Waals surface area contributed by atoms with Crippen molar-refractivity contribution in [2.24, 2.45) is 0 Å². The van der Waals surface area contributed by atoms with Gasteiger partial charge in [0.1, 0.15) is 10.6 Å². The minimum atomic E-state index is -0.277. The number of amides is 1. The van der Waals surface area contributed by atoms with Crippen molar-refractivity contribution in [3.63, 3.8) is 0 Å². The van der Waals surface area contributed by atoms with Crippen LogP contribution in [0.3, 0.4) is 0 Å². The number of carbonyl (C=O) groups excluding carboxylic acids is 1. The van der Waals surface area contributed by atoms with Gasteiger partial charge in [-0.25, -0.2) is 4.98 Å². The van der Waals surface area contributed by atoms with Gasteiger partial charge < -0.3 is 10.1 Å². The first-order valence-electron chi connectivity index (χ1n) is 7.88. The average molecular weight is 357 g/mol. The van der Waals surface area contributed by atoms with Crippen molar-refractivity contribution in [2.45, 2.75) is 26.8 Å². The molecule has 0 aliphatic heterocycles. The summed E-state index contributed by atoms with van der Waals surface area (Å²) in [7, 11) is 1.55. The molecule has 2 heterocycles. The SMILES string of the molecule is COc1ccccc1NC(=O)c1sc2ncn(C(C)C)c(=O)c2c1C. The lowest BCUT2D eigenvalue weighted by Gasteiger charge is -2.09. The summed E-state index contributed by atoms with van der Waals surface area (Å²) in [5.41, 5.74) is 1.12. The van der Waals surface area contributed by atoms with Crippen LogP contribution in [-0.2, 0) is 0 Å². The van der Waals surface area contributed by atoms with Crippen molar-refractivity contribution in [3.05, 3.63) is 51.4 Å². The molecule has 1 amide bonds. The van der Waals surface area contributed by atoms with Crippen LogP contribution in [0.15, 0.2) is 35.4 Å². The molecule has 0 saturated heterocycles. The standard InChI is InChI=1S/C18H19N3O3S/c1-10(2)21-9-19-17-14(18(21)23)11(3)15(25-17)16(22)20-12-7-5-6-8-13(12)24-4/h5-10H,1-4H3,(H,20,22). The predicted octanol–water partition coefficient (Wildman–Crippen LogP) is 3.61. The lowest BCUT2D eigenvalue weighted by atomic mass is 10.2. The molecule has 0 saturated carbocycles. The minimum absolute atomic E-state index is 0.00885. The molecule has 0 aliphatic carbocycles. The number of anilines is 1. The van der Waals surface area contributed by atoms with Gasteiger partial charge in [0.25, 0.3) is 11.5 Å². The number of ether oxygens (including phenoxy) is 1. The molecule has 3 aromatic rings. The molecule has 130 valence electrons. The fourth-order valence-corrected chi connectivity index (χ4v) is 3.68. The Morgan fingerprint density at radius 1 is 1.32 bits per heavy atom. The number of carbonyl (C=O) groups is 1. The molecule has 0 radical (unpaired) electrons. The lowest BCUT2D eigenvalue weighted by Crippen LogP contribution is -2.22. The number of fused-ring (bicyclic) bond motifs is 1. The molecule has 1 aromatic carbocycles. The first kappa shape index (κ1) is 17.2. The zero-order chi connectivity index (χ0) is 18.1. The molecule has 6 nitrogen and oxygen atoms in total. The monoisotopic (exact) mass is 357 g/mol. The van der Waals surface area contributed by atoms with Gasteiger partial charge in [-0.15, -0.1) is 11.3 Å². The first-order valence-corrected chi connectivity index (χ1v) is 8.70. The van der Waals surface area contributed by atoms with Crippen LogP contribution in [0.4, 0.5) is 5.69 Å². The van der Waals surface area contributed by atoms with Crippen molar-refractivity contribution in [3.8, 4) is 5.75 Å². The molecular formula is C18H19N3O3S. The van der Waals surface area contributed by atoms with E-state index in [0.717, 1.165) is 0 Å². The number of hydrogen-bond acceptors (Lipinski definition) is 5. The average Bonchev–Trinajstić information content (AvgIpc) is 2.93. The second-order valence-electron chi connectivity index (χ2n) is 5.94. The maximum atomic E-state index is 12.7. The molecule has 25 heavy (non-hydrogen) atoms. The molecule has 0 aliphatic rings. The largest absolute Gasteiger partial charge is 0.495 e. The van der Waals surface area contributed by atoms with Gasteiger partial charge in [0.05, 0.1) is 29.4 Å². The summed E-state index contributed by atoms with van der Waals surface area (Å²) in [6.07, 6.45) is 1.53. The van der Waals surface area contributed by atoms with Crippen LogP contribution in [0.5, 0.6) is 5.75 Å². The number of methoxy groups -OCH3 is 1. The van der Waals surface area contributed by atoms with E-state index >= 15 is 0 Å². The Kier molecular flexibility index (Phi) is 4.59. The fraction of sp³-hybridized carbons (Fsp3) is 0.278. The molecule has 3 rings (SSSR count). The van der Waals surface area contributed by atoms with Crippen LogP contribution in [-0.4, -0.2) is 22.6 Å². The number of nitrogens with one attached hydrogen (secondary N) is 1. The Bertz CT molecular complexity index is 1000. The van der Waals surface area contributed by atoms with Crippen LogP contribution in [0, 0.1) is 6.92 Å². The van der Waals surface area contributed by atoms with Gasteiger partial charge in [-0.05, 0) is 38.5 Å². The van der Waals surface area contributed by atoms with E-state index in [1.54, 1.807) is 30.7 Å². The molecule has 0 fully saturated rings. The maximum absolute atomic E-state index is 12.7. The molecule has 0 unspecified atom stereocenters. The van der Waals surface area contributed by atoms with Crippen LogP contribution in [0.2, 0.25) is 0 Å². The van der Waals surface area contributed by atoms with E-state index in [4.69, 9.17) is 4.74 Å². The third kappa shape index (κ3) is 3.02. The van der Waals surface area contributed by atoms with Crippen LogP contribution in [0.25, 0.3) is 10.2 Å². The Labute approximate surface area is 149 Å². The molecule has 1 N–H and O–H groups in total. The van der Waals surface area contributed by atoms with Gasteiger partial charge in [0.2, 0.25) is 0 Å². The van der Waals surface area contributed by atoms with E-state index in [1.807, 2.05) is 26.0 Å². The van der Waals surface area contributed by atoms with Gasteiger partial charge in [-0.3, -0.25) is 14.2 Å². The summed E-state index contributed by atoms with van der Waals surface area (Å²) in [6, 6.07) is 7.20. The summed E-state index contributed by atoms with van der Waals surface area (Å²) in [4.78, 5) is 30.8. The first-order chi connectivity index (χ1) is 11.9. The highest BCUT2D eigenvalue weighted by Gasteiger charge is 2.20. The summed E-state index contributed by atoms with van der Waals surface area (Å²) in [5, 5.41) is 3.35. The Morgan fingerprint density at radius 3 is 2.72 bits per heavy atom. The van der Waals surface area contributed by atoms with E-state index in [1.165, 1.54) is 17.7 Å². The second kappa shape index (κ2) is 6.68. The van der Waals surface area contributed by atoms with Gasteiger partial charge in [-0.2, -0.15) is 0 Å². The highest BCUT2D eigenvalue weighted by molar-refractivity contribution is 7.20. The lowest BCUT2D eigenvalue weighted by molar-refractivity contribution is 0.102. The van der Waals surface area contributed by atoms with Crippen molar-refractivity contribution < 1.29 is 9.53 Å². The van der Waals surface area contributed by atoms with E-state index < -0.39 is 0 Å². The third-order valence-electron chi connectivity index (χ3n) is 3.99. The van der Waals surface area contributed by atoms with E-state index in [-0.39, 0.29) is 17.5 Å². The summed E-state index contributed by atoms with van der Waals surface area (Å²) in [6.45, 7) is 5.63. The second-order valence-corrected chi connectivity index (χ2v) is 6.94. The smallest absolute Gasteiger partial charge is 0.266 e. The number of aromatic nitrogens is 2. The number of nitrogens with zero attached hydrogens (tertiary/aromatic N) is 2. The molecule has 2 aromatic heterocycles. The van der Waals surface area contributed by atoms with Crippen LogP contribution >= 0.6 is 11.3 Å². The highest BCUT2D eigenvalue weighted by atomic mass is 32.1. The number of aryl methyl sites for hydroxylation is 1. The molecule has 0 spiro atoms. The molecular weight excluding hydrogens is 338 g/mol. The van der Waals surface area contributed by atoms with Crippen molar-refractivity contribution >= 4 is 33.1 Å². The van der Waals surface area contributed by atoms with Crippen molar-refractivity contribution in [1.29, 1.82) is 0 Å². The highest BCUT2D eigenvalue weighted by Crippen LogP contribution is 2.29. The molecule has 0 atom stereocenters. The molecule has 0 bridgehead atoms. The number of thiophene rings is 1. The number of para-hydroxylation sites is 2. The van der Waals surface area contributed by atoms with Crippen LogP contribution in [0.1, 0.15) is 35.1 Å². The Balaban J connectivity index is 2.04. The van der Waals surface area contributed by atoms with Crippen molar-refractivity contribution in [2.75, 3.05) is 12.4 Å². The van der Waals surface area contributed by atoms with Gasteiger partial charge in [0, 0.05) is 6.04 Å². The normalized spacial score (nSPS) is 11.1. The predicted molar refractivity (Wildman–Crippen MR) is 99.9 cm³/mol. The number of rotatable bonds is 4. The van der Waals surface area contributed by atoms with Crippen LogP contribution < -0.4 is 15.6 Å². The Hall–Kier alpha value is -2.67. The number of benzene rings is 1. The third-order valence-corrected chi connectivity index (χ3v) is 5.19. The quantitative estimate of drug-likeness (QED) is 0.774. The number of hydrogen-bond donors (Lipinski definition) is 1. The minimum Gasteiger partial charge on any atom is -0.495 e. The van der Waals surface area contributed by atoms with E-state index in [9.17, 15) is 9.59 Å². The van der Waals surface area contributed by atoms with Crippen molar-refractivity contribution in [1.82, 2.24) is 9.55 Å². The zero-order valence-electron chi connectivity index (χ0n) is 14.5. The molecule has 7 heteroatoms. The summed E-state index contributed by atoms with van der Waals surface area (Å²) >= 11 is 1.22. The van der Waals surface area contributed by atoms with E-state index in [0.29, 0.717) is 32.1 Å². The van der Waals surface area contributed by atoms with E-state index in [2.05, 4.69) is 10.3 Å². The van der Waals surface area contributed by atoms with Gasteiger partial charge in [0.15, 0.2) is 0 Å². The topological polar surface area (TPSA) is 73.2 Å². The zero-order valence-corrected chi connectivity index (χ0v) is 15.3. The van der Waals surface area contributed by atoms with Gasteiger partial charge in [-0.1, -0.05) is 12.1 Å². The summed E-state index contributed by atoms with van der Waals surface area (Å²) < 4.78 is 6.83. The van der Waals surface area contributed by atoms with Gasteiger partial charge >= 0.3 is 0 Å². The maximum Gasteiger partial charge on any atom is 0.266 e. The summed E-state index contributed by atoms with van der Waals surface area (Å²) in [5.74, 6) is 0.301.